The van der Waals surface area contributed by atoms with Crippen LogP contribution < -0.4 is 9.47 Å². The molecule has 2 aromatic rings. The third kappa shape index (κ3) is 2.87. The molecule has 0 saturated carbocycles. The van der Waals surface area contributed by atoms with E-state index in [4.69, 9.17) is 14.0 Å². The maximum Gasteiger partial charge on any atom is 0.220 e. The van der Waals surface area contributed by atoms with E-state index in [1.165, 1.54) is 6.26 Å². The van der Waals surface area contributed by atoms with Gasteiger partial charge in [-0.3, -0.25) is 0 Å². The van der Waals surface area contributed by atoms with Crippen molar-refractivity contribution < 1.29 is 22.4 Å². The normalized spacial score (nSPS) is 21.1. The van der Waals surface area contributed by atoms with Crippen LogP contribution in [0.2, 0.25) is 0 Å². The lowest BCUT2D eigenvalue weighted by Gasteiger charge is -2.26. The summed E-state index contributed by atoms with van der Waals surface area (Å²) in [5.41, 5.74) is 1.35. The zero-order valence-electron chi connectivity index (χ0n) is 13.1. The number of ether oxygens (including phenoxy) is 2. The summed E-state index contributed by atoms with van der Waals surface area (Å²) in [7, 11) is -3.46. The van der Waals surface area contributed by atoms with Crippen molar-refractivity contribution in [2.75, 3.05) is 19.8 Å². The molecule has 1 fully saturated rings. The summed E-state index contributed by atoms with van der Waals surface area (Å²) in [6, 6.07) is 7.06. The van der Waals surface area contributed by atoms with Gasteiger partial charge in [0.05, 0.1) is 5.69 Å². The molecule has 7 nitrogen and oxygen atoms in total. The summed E-state index contributed by atoms with van der Waals surface area (Å²) in [6.45, 7) is 1.56. The first-order valence-electron chi connectivity index (χ1n) is 7.92. The minimum Gasteiger partial charge on any atom is -0.486 e. The molecule has 1 aromatic heterocycles. The van der Waals surface area contributed by atoms with Crippen LogP contribution in [-0.4, -0.2) is 37.6 Å². The first-order valence-corrected chi connectivity index (χ1v) is 9.53. The van der Waals surface area contributed by atoms with Crippen LogP contribution in [0.15, 0.2) is 35.1 Å². The highest BCUT2D eigenvalue weighted by molar-refractivity contribution is 7.88. The predicted molar refractivity (Wildman–Crippen MR) is 85.2 cm³/mol. The predicted octanol–water partition coefficient (Wildman–Crippen LogP) is 2.11. The lowest BCUT2D eigenvalue weighted by molar-refractivity contribution is 0.171. The topological polar surface area (TPSA) is 81.9 Å². The lowest BCUT2D eigenvalue weighted by atomic mass is 10.0. The molecule has 0 bridgehead atoms. The second-order valence-electron chi connectivity index (χ2n) is 5.92. The van der Waals surface area contributed by atoms with Gasteiger partial charge in [0.25, 0.3) is 0 Å². The fourth-order valence-electron chi connectivity index (χ4n) is 3.26. The molecular weight excluding hydrogens is 332 g/mol. The molecule has 4 rings (SSSR count). The number of hydrogen-bond acceptors (Lipinski definition) is 6. The Labute approximate surface area is 140 Å². The number of fused-ring (bicyclic) bond motifs is 1. The molecule has 8 heteroatoms. The second-order valence-corrected chi connectivity index (χ2v) is 7.84. The van der Waals surface area contributed by atoms with Crippen LogP contribution in [0.1, 0.15) is 30.1 Å². The quantitative estimate of drug-likeness (QED) is 0.840. The SMILES string of the molecule is O=S(=O)(Cc1ccon1)N1CCC[C@H]1c1ccc2c(c1)OCCO2. The van der Waals surface area contributed by atoms with Gasteiger partial charge in [-0.25, -0.2) is 8.42 Å². The lowest BCUT2D eigenvalue weighted by Crippen LogP contribution is -2.32. The molecule has 3 heterocycles. The molecule has 1 atom stereocenters. The molecule has 2 aliphatic rings. The van der Waals surface area contributed by atoms with Crippen molar-refractivity contribution in [3.63, 3.8) is 0 Å². The van der Waals surface area contributed by atoms with Crippen LogP contribution >= 0.6 is 0 Å². The molecule has 0 spiro atoms. The Bertz CT molecular complexity index is 819. The van der Waals surface area contributed by atoms with Crippen molar-refractivity contribution >= 4 is 10.0 Å². The summed E-state index contributed by atoms with van der Waals surface area (Å²) in [4.78, 5) is 0. The molecule has 1 saturated heterocycles. The van der Waals surface area contributed by atoms with Crippen LogP contribution in [0.25, 0.3) is 0 Å². The Balaban J connectivity index is 1.60. The fraction of sp³-hybridized carbons (Fsp3) is 0.438. The molecular formula is C16H18N2O5S. The number of sulfonamides is 1. The molecule has 1 aromatic carbocycles. The van der Waals surface area contributed by atoms with Gasteiger partial charge in [-0.05, 0) is 30.5 Å². The fourth-order valence-corrected chi connectivity index (χ4v) is 4.97. The van der Waals surface area contributed by atoms with Gasteiger partial charge < -0.3 is 14.0 Å². The van der Waals surface area contributed by atoms with Crippen molar-refractivity contribution in [3.8, 4) is 11.5 Å². The van der Waals surface area contributed by atoms with E-state index in [-0.39, 0.29) is 11.8 Å². The summed E-state index contributed by atoms with van der Waals surface area (Å²) < 4.78 is 43.0. The average Bonchev–Trinajstić information content (AvgIpc) is 3.25. The summed E-state index contributed by atoms with van der Waals surface area (Å²) >= 11 is 0. The first kappa shape index (κ1) is 15.5. The first-order chi connectivity index (χ1) is 11.6. The van der Waals surface area contributed by atoms with Crippen molar-refractivity contribution in [1.82, 2.24) is 9.46 Å². The van der Waals surface area contributed by atoms with E-state index >= 15 is 0 Å². The van der Waals surface area contributed by atoms with Crippen LogP contribution in [-0.2, 0) is 15.8 Å². The number of benzene rings is 1. The Morgan fingerprint density at radius 2 is 2.00 bits per heavy atom. The van der Waals surface area contributed by atoms with Crippen molar-refractivity contribution in [3.05, 3.63) is 41.8 Å². The van der Waals surface area contributed by atoms with E-state index in [2.05, 4.69) is 5.16 Å². The van der Waals surface area contributed by atoms with Crippen LogP contribution in [0.3, 0.4) is 0 Å². The van der Waals surface area contributed by atoms with Crippen molar-refractivity contribution in [1.29, 1.82) is 0 Å². The van der Waals surface area contributed by atoms with Crippen LogP contribution in [0, 0.1) is 0 Å². The Morgan fingerprint density at radius 3 is 2.79 bits per heavy atom. The molecule has 24 heavy (non-hydrogen) atoms. The monoisotopic (exact) mass is 350 g/mol. The number of aromatic nitrogens is 1. The zero-order valence-corrected chi connectivity index (χ0v) is 13.9. The Kier molecular flexibility index (Phi) is 3.93. The Morgan fingerprint density at radius 1 is 1.17 bits per heavy atom. The maximum atomic E-state index is 12.8. The van der Waals surface area contributed by atoms with Crippen molar-refractivity contribution in [2.45, 2.75) is 24.6 Å². The van der Waals surface area contributed by atoms with Gasteiger partial charge in [0.15, 0.2) is 11.5 Å². The van der Waals surface area contributed by atoms with Crippen LogP contribution in [0.4, 0.5) is 0 Å². The van der Waals surface area contributed by atoms with Gasteiger partial charge in [-0.1, -0.05) is 11.2 Å². The van der Waals surface area contributed by atoms with Gasteiger partial charge in [0.1, 0.15) is 25.2 Å². The average molecular weight is 350 g/mol. The molecule has 2 aliphatic heterocycles. The second kappa shape index (κ2) is 6.10. The highest BCUT2D eigenvalue weighted by Crippen LogP contribution is 2.39. The smallest absolute Gasteiger partial charge is 0.220 e. The molecule has 0 radical (unpaired) electrons. The highest BCUT2D eigenvalue weighted by atomic mass is 32.2. The van der Waals surface area contributed by atoms with E-state index in [1.807, 2.05) is 18.2 Å². The zero-order chi connectivity index (χ0) is 16.6. The molecule has 128 valence electrons. The molecule has 0 aliphatic carbocycles. The van der Waals surface area contributed by atoms with Crippen molar-refractivity contribution in [2.24, 2.45) is 0 Å². The summed E-state index contributed by atoms with van der Waals surface area (Å²) in [5, 5.41) is 3.71. The summed E-state index contributed by atoms with van der Waals surface area (Å²) in [6.07, 6.45) is 3.00. The van der Waals surface area contributed by atoms with Gasteiger partial charge in [-0.2, -0.15) is 4.31 Å². The van der Waals surface area contributed by atoms with E-state index in [1.54, 1.807) is 10.4 Å². The number of hydrogen-bond donors (Lipinski definition) is 0. The molecule has 0 unspecified atom stereocenters. The minimum absolute atomic E-state index is 0.148. The largest absolute Gasteiger partial charge is 0.486 e. The number of nitrogens with zero attached hydrogens (tertiary/aromatic N) is 2. The third-order valence-electron chi connectivity index (χ3n) is 4.33. The highest BCUT2D eigenvalue weighted by Gasteiger charge is 2.36. The van der Waals surface area contributed by atoms with E-state index < -0.39 is 10.0 Å². The van der Waals surface area contributed by atoms with Gasteiger partial charge >= 0.3 is 0 Å². The molecule has 0 amide bonds. The number of rotatable bonds is 4. The van der Waals surface area contributed by atoms with Gasteiger partial charge in [-0.15, -0.1) is 0 Å². The van der Waals surface area contributed by atoms with Crippen LogP contribution in [0.5, 0.6) is 11.5 Å². The minimum atomic E-state index is -3.46. The molecule has 0 N–H and O–H groups in total. The van der Waals surface area contributed by atoms with E-state index in [0.29, 0.717) is 37.0 Å². The standard InChI is InChI=1S/C16H18N2O5S/c19-24(20,11-13-5-7-23-17-13)18-6-1-2-14(18)12-3-4-15-16(10-12)22-9-8-21-15/h3-5,7,10,14H,1-2,6,8-9,11H2/t14-/m0/s1. The van der Waals surface area contributed by atoms with Gasteiger partial charge in [0.2, 0.25) is 10.0 Å². The van der Waals surface area contributed by atoms with Gasteiger partial charge in [0, 0.05) is 18.7 Å². The summed E-state index contributed by atoms with van der Waals surface area (Å²) in [5.74, 6) is 1.24. The van der Waals surface area contributed by atoms with E-state index in [0.717, 1.165) is 18.4 Å². The maximum absolute atomic E-state index is 12.8. The third-order valence-corrected chi connectivity index (χ3v) is 6.15. The van der Waals surface area contributed by atoms with E-state index in [9.17, 15) is 8.42 Å². The Hall–Kier alpha value is -2.06.